The molecule has 2 rings (SSSR count). The molecule has 1 aliphatic rings. The predicted molar refractivity (Wildman–Crippen MR) is 79.4 cm³/mol. The number of methoxy groups -OCH3 is 1. The quantitative estimate of drug-likeness (QED) is 0.796. The molecule has 5 nitrogen and oxygen atoms in total. The van der Waals surface area contributed by atoms with Crippen molar-refractivity contribution in [3.63, 3.8) is 0 Å². The summed E-state index contributed by atoms with van der Waals surface area (Å²) in [6, 6.07) is 7.19. The van der Waals surface area contributed by atoms with Gasteiger partial charge in [-0.3, -0.25) is 0 Å². The van der Waals surface area contributed by atoms with E-state index in [0.29, 0.717) is 30.3 Å². The first-order chi connectivity index (χ1) is 9.61. The Morgan fingerprint density at radius 3 is 2.65 bits per heavy atom. The van der Waals surface area contributed by atoms with Crippen molar-refractivity contribution in [1.82, 2.24) is 4.31 Å². The molecule has 112 valence electrons. The average Bonchev–Trinajstić information content (AvgIpc) is 3.24. The predicted octanol–water partition coefficient (Wildman–Crippen LogP) is 1.92. The Morgan fingerprint density at radius 1 is 1.35 bits per heavy atom. The number of benzene rings is 1. The zero-order chi connectivity index (χ0) is 14.6. The summed E-state index contributed by atoms with van der Waals surface area (Å²) < 4.78 is 32.3. The van der Waals surface area contributed by atoms with Crippen molar-refractivity contribution in [2.75, 3.05) is 32.1 Å². The van der Waals surface area contributed by atoms with Crippen molar-refractivity contribution in [2.24, 2.45) is 0 Å². The van der Waals surface area contributed by atoms with Gasteiger partial charge >= 0.3 is 0 Å². The van der Waals surface area contributed by atoms with E-state index in [4.69, 9.17) is 4.74 Å². The number of hydrogen-bond donors (Lipinski definition) is 1. The summed E-state index contributed by atoms with van der Waals surface area (Å²) in [6.07, 6.45) is 1.87. The number of ether oxygens (including phenoxy) is 1. The molecule has 1 fully saturated rings. The molecule has 0 heterocycles. The van der Waals surface area contributed by atoms with Crippen molar-refractivity contribution in [2.45, 2.75) is 30.7 Å². The van der Waals surface area contributed by atoms with Crippen LogP contribution in [0.3, 0.4) is 0 Å². The van der Waals surface area contributed by atoms with Gasteiger partial charge in [0, 0.05) is 26.2 Å². The van der Waals surface area contributed by atoms with Crippen LogP contribution in [0.1, 0.15) is 19.8 Å². The van der Waals surface area contributed by atoms with Crippen molar-refractivity contribution in [1.29, 1.82) is 0 Å². The fourth-order valence-electron chi connectivity index (χ4n) is 2.20. The van der Waals surface area contributed by atoms with E-state index in [1.807, 2.05) is 13.0 Å². The molecule has 1 aromatic rings. The van der Waals surface area contributed by atoms with Crippen molar-refractivity contribution >= 4 is 15.7 Å². The Morgan fingerprint density at radius 2 is 2.05 bits per heavy atom. The molecule has 1 aliphatic carbocycles. The maximum Gasteiger partial charge on any atom is 0.245 e. The molecule has 0 amide bonds. The zero-order valence-corrected chi connectivity index (χ0v) is 12.8. The van der Waals surface area contributed by atoms with Crippen molar-refractivity contribution in [3.05, 3.63) is 24.3 Å². The topological polar surface area (TPSA) is 58.6 Å². The van der Waals surface area contributed by atoms with Gasteiger partial charge in [-0.1, -0.05) is 12.1 Å². The molecule has 20 heavy (non-hydrogen) atoms. The molecule has 0 radical (unpaired) electrons. The molecule has 0 bridgehead atoms. The normalized spacial score (nSPS) is 15.6. The molecule has 1 saturated carbocycles. The van der Waals surface area contributed by atoms with Gasteiger partial charge in [0.15, 0.2) is 0 Å². The van der Waals surface area contributed by atoms with Crippen LogP contribution < -0.4 is 5.32 Å². The van der Waals surface area contributed by atoms with E-state index in [-0.39, 0.29) is 6.04 Å². The fraction of sp³-hybridized carbons (Fsp3) is 0.571. The lowest BCUT2D eigenvalue weighted by atomic mass is 10.3. The summed E-state index contributed by atoms with van der Waals surface area (Å²) in [5, 5.41) is 3.12. The fourth-order valence-corrected chi connectivity index (χ4v) is 4.04. The Hall–Kier alpha value is -1.11. The first-order valence-electron chi connectivity index (χ1n) is 6.95. The Kier molecular flexibility index (Phi) is 5.01. The molecule has 0 unspecified atom stereocenters. The van der Waals surface area contributed by atoms with Gasteiger partial charge in [-0.25, -0.2) is 8.42 Å². The van der Waals surface area contributed by atoms with Crippen LogP contribution in [0.15, 0.2) is 29.2 Å². The van der Waals surface area contributed by atoms with Gasteiger partial charge in [0.05, 0.1) is 12.3 Å². The lowest BCUT2D eigenvalue weighted by Crippen LogP contribution is -2.36. The summed E-state index contributed by atoms with van der Waals surface area (Å²) >= 11 is 0. The van der Waals surface area contributed by atoms with E-state index < -0.39 is 10.0 Å². The van der Waals surface area contributed by atoms with Gasteiger partial charge in [0.25, 0.3) is 0 Å². The van der Waals surface area contributed by atoms with Crippen molar-refractivity contribution in [3.8, 4) is 0 Å². The maximum atomic E-state index is 12.8. The molecular weight excluding hydrogens is 276 g/mol. The highest BCUT2D eigenvalue weighted by atomic mass is 32.2. The van der Waals surface area contributed by atoms with Crippen LogP contribution in [0.5, 0.6) is 0 Å². The van der Waals surface area contributed by atoms with Crippen LogP contribution >= 0.6 is 0 Å². The lowest BCUT2D eigenvalue weighted by molar-refractivity contribution is 0.177. The van der Waals surface area contributed by atoms with Gasteiger partial charge in [0.2, 0.25) is 10.0 Å². The lowest BCUT2D eigenvalue weighted by Gasteiger charge is -2.23. The number of nitrogens with zero attached hydrogens (tertiary/aromatic N) is 1. The Bertz CT molecular complexity index is 541. The third-order valence-corrected chi connectivity index (χ3v) is 5.32. The number of para-hydroxylation sites is 1. The zero-order valence-electron chi connectivity index (χ0n) is 12.0. The monoisotopic (exact) mass is 298 g/mol. The molecule has 1 aromatic carbocycles. The standard InChI is InChI=1S/C14H22N2O3S/c1-3-15-13-6-4-5-7-14(13)20(17,18)16(10-11-19-2)12-8-9-12/h4-7,12,15H,3,8-11H2,1-2H3. The first kappa shape index (κ1) is 15.3. The molecule has 0 saturated heterocycles. The number of nitrogens with one attached hydrogen (secondary N) is 1. The summed E-state index contributed by atoms with van der Waals surface area (Å²) in [4.78, 5) is 0.352. The third-order valence-electron chi connectivity index (χ3n) is 3.31. The highest BCUT2D eigenvalue weighted by molar-refractivity contribution is 7.89. The second-order valence-electron chi connectivity index (χ2n) is 4.87. The Balaban J connectivity index is 2.32. The minimum Gasteiger partial charge on any atom is -0.384 e. The van der Waals surface area contributed by atoms with Gasteiger partial charge in [-0.2, -0.15) is 4.31 Å². The minimum atomic E-state index is -3.47. The van der Waals surface area contributed by atoms with Crippen molar-refractivity contribution < 1.29 is 13.2 Å². The summed E-state index contributed by atoms with van der Waals surface area (Å²) in [6.45, 7) is 3.46. The highest BCUT2D eigenvalue weighted by Crippen LogP contribution is 2.34. The van der Waals surface area contributed by atoms with Crippen LogP contribution in [0.2, 0.25) is 0 Å². The smallest absolute Gasteiger partial charge is 0.245 e. The molecule has 0 aromatic heterocycles. The number of rotatable bonds is 8. The van der Waals surface area contributed by atoms with Crippen LogP contribution in [-0.4, -0.2) is 45.6 Å². The van der Waals surface area contributed by atoms with Crippen LogP contribution in [0.4, 0.5) is 5.69 Å². The summed E-state index contributed by atoms with van der Waals surface area (Å²) in [5.41, 5.74) is 0.665. The van der Waals surface area contributed by atoms with Gasteiger partial charge < -0.3 is 10.1 Å². The van der Waals surface area contributed by atoms with Crippen LogP contribution in [0.25, 0.3) is 0 Å². The molecule has 1 N–H and O–H groups in total. The van der Waals surface area contributed by atoms with E-state index in [1.54, 1.807) is 29.6 Å². The van der Waals surface area contributed by atoms with E-state index in [0.717, 1.165) is 12.8 Å². The van der Waals surface area contributed by atoms with E-state index >= 15 is 0 Å². The van der Waals surface area contributed by atoms with E-state index in [2.05, 4.69) is 5.32 Å². The molecule has 0 aliphatic heterocycles. The molecular formula is C14H22N2O3S. The second kappa shape index (κ2) is 6.56. The SMILES string of the molecule is CCNc1ccccc1S(=O)(=O)N(CCOC)C1CC1. The molecule has 0 spiro atoms. The number of anilines is 1. The van der Waals surface area contributed by atoms with Gasteiger partial charge in [-0.05, 0) is 31.9 Å². The largest absolute Gasteiger partial charge is 0.384 e. The van der Waals surface area contributed by atoms with Crippen LogP contribution in [0, 0.1) is 0 Å². The molecule has 6 heteroatoms. The number of sulfonamides is 1. The van der Waals surface area contributed by atoms with Gasteiger partial charge in [-0.15, -0.1) is 0 Å². The second-order valence-corrected chi connectivity index (χ2v) is 6.73. The van der Waals surface area contributed by atoms with E-state index in [9.17, 15) is 8.42 Å². The minimum absolute atomic E-state index is 0.129. The van der Waals surface area contributed by atoms with Crippen LogP contribution in [-0.2, 0) is 14.8 Å². The Labute approximate surface area is 121 Å². The highest BCUT2D eigenvalue weighted by Gasteiger charge is 2.38. The maximum absolute atomic E-state index is 12.8. The average molecular weight is 298 g/mol. The summed E-state index contributed by atoms with van der Waals surface area (Å²) in [5.74, 6) is 0. The van der Waals surface area contributed by atoms with E-state index in [1.165, 1.54) is 0 Å². The third kappa shape index (κ3) is 3.31. The van der Waals surface area contributed by atoms with Gasteiger partial charge in [0.1, 0.15) is 4.90 Å². The first-order valence-corrected chi connectivity index (χ1v) is 8.39. The summed E-state index contributed by atoms with van der Waals surface area (Å²) in [7, 11) is -1.88. The number of hydrogen-bond acceptors (Lipinski definition) is 4. The molecule has 0 atom stereocenters.